The molecule has 0 bridgehead atoms. The molecule has 0 saturated carbocycles. The van der Waals surface area contributed by atoms with E-state index in [9.17, 15) is 4.79 Å². The third kappa shape index (κ3) is 4.26. The van der Waals surface area contributed by atoms with Crippen molar-refractivity contribution in [2.45, 2.75) is 45.8 Å². The Labute approximate surface area is 117 Å². The van der Waals surface area contributed by atoms with Gasteiger partial charge in [-0.25, -0.2) is 0 Å². The molecular formula is C15H28N2O2. The van der Waals surface area contributed by atoms with Crippen molar-refractivity contribution in [1.29, 1.82) is 0 Å². The van der Waals surface area contributed by atoms with Gasteiger partial charge in [0.1, 0.15) is 5.78 Å². The molecule has 0 aliphatic carbocycles. The third-order valence-corrected chi connectivity index (χ3v) is 4.44. The van der Waals surface area contributed by atoms with Gasteiger partial charge in [0.2, 0.25) is 0 Å². The number of carbonyl (C=O) groups excluding carboxylic acids is 1. The summed E-state index contributed by atoms with van der Waals surface area (Å²) < 4.78 is 5.89. The average molecular weight is 268 g/mol. The summed E-state index contributed by atoms with van der Waals surface area (Å²) in [6, 6.07) is 0.595. The number of rotatable bonds is 4. The Kier molecular flexibility index (Phi) is 5.37. The van der Waals surface area contributed by atoms with Crippen molar-refractivity contribution < 1.29 is 9.53 Å². The van der Waals surface area contributed by atoms with Crippen LogP contribution in [0.3, 0.4) is 0 Å². The fraction of sp³-hybridized carbons (Fsp3) is 0.933. The van der Waals surface area contributed by atoms with Crippen LogP contribution in [-0.2, 0) is 9.53 Å². The highest BCUT2D eigenvalue weighted by atomic mass is 16.5. The van der Waals surface area contributed by atoms with Crippen molar-refractivity contribution >= 4 is 5.78 Å². The second kappa shape index (κ2) is 6.82. The quantitative estimate of drug-likeness (QED) is 0.771. The molecule has 0 amide bonds. The summed E-state index contributed by atoms with van der Waals surface area (Å²) in [5.41, 5.74) is 0. The molecule has 19 heavy (non-hydrogen) atoms. The van der Waals surface area contributed by atoms with Crippen molar-refractivity contribution in [3.05, 3.63) is 0 Å². The molecule has 2 atom stereocenters. The molecule has 2 aliphatic heterocycles. The zero-order valence-electron chi connectivity index (χ0n) is 12.6. The second-order valence-electron chi connectivity index (χ2n) is 6.29. The molecule has 0 aromatic carbocycles. The molecule has 2 heterocycles. The molecule has 0 spiro atoms. The molecule has 2 rings (SSSR count). The number of nitrogens with zero attached hydrogens (tertiary/aromatic N) is 2. The number of ether oxygens (including phenoxy) is 1. The van der Waals surface area contributed by atoms with Crippen LogP contribution < -0.4 is 0 Å². The van der Waals surface area contributed by atoms with E-state index < -0.39 is 0 Å². The van der Waals surface area contributed by atoms with Crippen LogP contribution in [0, 0.1) is 5.92 Å². The average Bonchev–Trinajstić information content (AvgIpc) is 2.39. The van der Waals surface area contributed by atoms with Gasteiger partial charge in [-0.05, 0) is 40.2 Å². The first-order chi connectivity index (χ1) is 9.06. The number of morpholine rings is 1. The molecule has 2 saturated heterocycles. The third-order valence-electron chi connectivity index (χ3n) is 4.44. The number of hydrogen-bond acceptors (Lipinski definition) is 4. The van der Waals surface area contributed by atoms with Crippen molar-refractivity contribution in [2.24, 2.45) is 5.92 Å². The lowest BCUT2D eigenvalue weighted by Crippen LogP contribution is -2.51. The van der Waals surface area contributed by atoms with Crippen LogP contribution in [0.2, 0.25) is 0 Å². The molecule has 4 nitrogen and oxygen atoms in total. The fourth-order valence-electron chi connectivity index (χ4n) is 3.16. The van der Waals surface area contributed by atoms with Gasteiger partial charge in [0.25, 0.3) is 0 Å². The van der Waals surface area contributed by atoms with E-state index in [1.54, 1.807) is 6.92 Å². The van der Waals surface area contributed by atoms with Gasteiger partial charge in [-0.2, -0.15) is 0 Å². The fourth-order valence-corrected chi connectivity index (χ4v) is 3.16. The Morgan fingerprint density at radius 1 is 1.32 bits per heavy atom. The summed E-state index contributed by atoms with van der Waals surface area (Å²) >= 11 is 0. The monoisotopic (exact) mass is 268 g/mol. The van der Waals surface area contributed by atoms with E-state index in [4.69, 9.17) is 4.74 Å². The first-order valence-electron chi connectivity index (χ1n) is 7.64. The van der Waals surface area contributed by atoms with Crippen LogP contribution in [0.25, 0.3) is 0 Å². The molecule has 0 aromatic rings. The van der Waals surface area contributed by atoms with E-state index >= 15 is 0 Å². The van der Waals surface area contributed by atoms with E-state index in [1.807, 2.05) is 0 Å². The summed E-state index contributed by atoms with van der Waals surface area (Å²) in [6.45, 7) is 12.2. The summed E-state index contributed by atoms with van der Waals surface area (Å²) in [4.78, 5) is 16.4. The highest BCUT2D eigenvalue weighted by Crippen LogP contribution is 2.19. The lowest BCUT2D eigenvalue weighted by Gasteiger charge is -2.39. The van der Waals surface area contributed by atoms with Gasteiger partial charge in [0, 0.05) is 38.1 Å². The lowest BCUT2D eigenvalue weighted by atomic mass is 9.94. The predicted octanol–water partition coefficient (Wildman–Crippen LogP) is 1.40. The van der Waals surface area contributed by atoms with Gasteiger partial charge in [0.15, 0.2) is 0 Å². The Hall–Kier alpha value is -0.450. The van der Waals surface area contributed by atoms with Crippen LogP contribution >= 0.6 is 0 Å². The first kappa shape index (κ1) is 14.9. The summed E-state index contributed by atoms with van der Waals surface area (Å²) in [7, 11) is 0. The van der Waals surface area contributed by atoms with E-state index in [1.165, 1.54) is 0 Å². The molecule has 2 aliphatic rings. The van der Waals surface area contributed by atoms with E-state index in [2.05, 4.69) is 23.6 Å². The minimum absolute atomic E-state index is 0.249. The molecule has 2 unspecified atom stereocenters. The van der Waals surface area contributed by atoms with Crippen LogP contribution in [0.4, 0.5) is 0 Å². The Morgan fingerprint density at radius 3 is 2.79 bits per heavy atom. The highest BCUT2D eigenvalue weighted by molar-refractivity contribution is 5.78. The Bertz CT molecular complexity index is 307. The topological polar surface area (TPSA) is 32.8 Å². The molecular weight excluding hydrogens is 240 g/mol. The maximum atomic E-state index is 11.5. The SMILES string of the molecule is CC(=O)C1CCCN(CC2CN(C(C)C)CCO2)C1. The van der Waals surface area contributed by atoms with Gasteiger partial charge in [-0.1, -0.05) is 0 Å². The largest absolute Gasteiger partial charge is 0.374 e. The zero-order chi connectivity index (χ0) is 13.8. The zero-order valence-corrected chi connectivity index (χ0v) is 12.6. The van der Waals surface area contributed by atoms with Crippen molar-refractivity contribution in [3.8, 4) is 0 Å². The molecule has 4 heteroatoms. The number of hydrogen-bond donors (Lipinski definition) is 0. The number of likely N-dealkylation sites (tertiary alicyclic amines) is 1. The maximum absolute atomic E-state index is 11.5. The van der Waals surface area contributed by atoms with E-state index in [0.717, 1.165) is 52.2 Å². The molecule has 0 N–H and O–H groups in total. The maximum Gasteiger partial charge on any atom is 0.134 e. The number of carbonyl (C=O) groups is 1. The van der Waals surface area contributed by atoms with Crippen molar-refractivity contribution in [2.75, 3.05) is 39.3 Å². The van der Waals surface area contributed by atoms with Crippen LogP contribution in [0.15, 0.2) is 0 Å². The van der Waals surface area contributed by atoms with Gasteiger partial charge >= 0.3 is 0 Å². The van der Waals surface area contributed by atoms with Crippen molar-refractivity contribution in [3.63, 3.8) is 0 Å². The smallest absolute Gasteiger partial charge is 0.134 e. The predicted molar refractivity (Wildman–Crippen MR) is 76.3 cm³/mol. The van der Waals surface area contributed by atoms with Crippen LogP contribution in [0.1, 0.15) is 33.6 Å². The Balaban J connectivity index is 1.81. The summed E-state index contributed by atoms with van der Waals surface area (Å²) in [5.74, 6) is 0.594. The van der Waals surface area contributed by atoms with Gasteiger partial charge in [-0.3, -0.25) is 14.6 Å². The van der Waals surface area contributed by atoms with Crippen LogP contribution in [-0.4, -0.2) is 67.1 Å². The van der Waals surface area contributed by atoms with E-state index in [-0.39, 0.29) is 5.92 Å². The normalized spacial score (nSPS) is 30.7. The standard InChI is InChI=1S/C15H28N2O2/c1-12(2)17-7-8-19-15(11-17)10-16-6-4-5-14(9-16)13(3)18/h12,14-15H,4-11H2,1-3H3. The van der Waals surface area contributed by atoms with Gasteiger partial charge in [-0.15, -0.1) is 0 Å². The second-order valence-corrected chi connectivity index (χ2v) is 6.29. The number of ketones is 1. The van der Waals surface area contributed by atoms with Crippen molar-refractivity contribution in [1.82, 2.24) is 9.80 Å². The van der Waals surface area contributed by atoms with E-state index in [0.29, 0.717) is 17.9 Å². The van der Waals surface area contributed by atoms with Crippen LogP contribution in [0.5, 0.6) is 0 Å². The first-order valence-corrected chi connectivity index (χ1v) is 7.64. The minimum Gasteiger partial charge on any atom is -0.374 e. The molecule has 0 aromatic heterocycles. The van der Waals surface area contributed by atoms with Gasteiger partial charge in [0.05, 0.1) is 12.7 Å². The highest BCUT2D eigenvalue weighted by Gasteiger charge is 2.28. The summed E-state index contributed by atoms with van der Waals surface area (Å²) in [5, 5.41) is 0. The number of Topliss-reactive ketones (excluding diaryl/α,β-unsaturated/α-hetero) is 1. The minimum atomic E-state index is 0.249. The molecule has 110 valence electrons. The Morgan fingerprint density at radius 2 is 2.11 bits per heavy atom. The molecule has 0 radical (unpaired) electrons. The van der Waals surface area contributed by atoms with Gasteiger partial charge < -0.3 is 4.74 Å². The number of piperidine rings is 1. The summed E-state index contributed by atoms with van der Waals surface area (Å²) in [6.07, 6.45) is 2.52. The molecule has 2 fully saturated rings. The lowest BCUT2D eigenvalue weighted by molar-refractivity contribution is -0.123.